The van der Waals surface area contributed by atoms with E-state index in [-0.39, 0.29) is 11.8 Å². The molecule has 0 bridgehead atoms. The number of para-hydroxylation sites is 2. The lowest BCUT2D eigenvalue weighted by Gasteiger charge is -2.32. The van der Waals surface area contributed by atoms with E-state index in [1.54, 1.807) is 19.2 Å². The van der Waals surface area contributed by atoms with Gasteiger partial charge in [0.2, 0.25) is 5.75 Å². The van der Waals surface area contributed by atoms with Gasteiger partial charge in [0.15, 0.2) is 11.5 Å². The highest BCUT2D eigenvalue weighted by molar-refractivity contribution is 5.98. The first-order chi connectivity index (χ1) is 14.2. The van der Waals surface area contributed by atoms with E-state index in [4.69, 9.17) is 19.2 Å². The van der Waals surface area contributed by atoms with Crippen LogP contribution in [0.4, 0.5) is 0 Å². The molecular formula is C22H25N3O4. The number of imidazole rings is 1. The van der Waals surface area contributed by atoms with Crippen LogP contribution in [0, 0.1) is 0 Å². The molecular weight excluding hydrogens is 370 g/mol. The molecule has 2 aromatic carbocycles. The molecule has 1 aliphatic heterocycles. The van der Waals surface area contributed by atoms with Crippen LogP contribution >= 0.6 is 0 Å². The largest absolute Gasteiger partial charge is 0.493 e. The molecule has 152 valence electrons. The molecule has 0 radical (unpaired) electrons. The predicted octanol–water partition coefficient (Wildman–Crippen LogP) is 3.61. The van der Waals surface area contributed by atoms with Gasteiger partial charge in [-0.25, -0.2) is 4.98 Å². The fraction of sp³-hybridized carbons (Fsp3) is 0.364. The molecule has 1 amide bonds. The Morgan fingerprint density at radius 2 is 1.86 bits per heavy atom. The topological polar surface area (TPSA) is 76.7 Å². The number of hydrogen-bond acceptors (Lipinski definition) is 5. The number of fused-ring (bicyclic) bond motifs is 1. The number of piperidine rings is 1. The molecule has 1 N–H and O–H groups in total. The zero-order chi connectivity index (χ0) is 20.4. The average molecular weight is 395 g/mol. The molecule has 1 fully saturated rings. The first-order valence-electron chi connectivity index (χ1n) is 9.69. The lowest BCUT2D eigenvalue weighted by atomic mass is 9.96. The van der Waals surface area contributed by atoms with E-state index in [1.165, 1.54) is 14.2 Å². The van der Waals surface area contributed by atoms with E-state index in [1.807, 2.05) is 29.2 Å². The normalized spacial score (nSPS) is 16.7. The van der Waals surface area contributed by atoms with Crippen LogP contribution in [0.2, 0.25) is 0 Å². The van der Waals surface area contributed by atoms with Crippen molar-refractivity contribution in [2.45, 2.75) is 18.8 Å². The van der Waals surface area contributed by atoms with Crippen molar-refractivity contribution in [1.29, 1.82) is 0 Å². The smallest absolute Gasteiger partial charge is 0.257 e. The number of aromatic amines is 1. The summed E-state index contributed by atoms with van der Waals surface area (Å²) in [5, 5.41) is 0. The SMILES string of the molecule is COc1ccc(C(=O)N2CCCC(c3nc4ccccc4[nH]3)C2)c(OC)c1OC. The van der Waals surface area contributed by atoms with E-state index in [0.717, 1.165) is 29.7 Å². The summed E-state index contributed by atoms with van der Waals surface area (Å²) in [4.78, 5) is 23.3. The third kappa shape index (κ3) is 3.48. The molecule has 1 aromatic heterocycles. The van der Waals surface area contributed by atoms with Crippen molar-refractivity contribution in [2.75, 3.05) is 34.4 Å². The van der Waals surface area contributed by atoms with Crippen molar-refractivity contribution in [2.24, 2.45) is 0 Å². The maximum atomic E-state index is 13.3. The number of hydrogen-bond donors (Lipinski definition) is 1. The van der Waals surface area contributed by atoms with Crippen molar-refractivity contribution in [3.8, 4) is 17.2 Å². The molecule has 1 aliphatic rings. The maximum absolute atomic E-state index is 13.3. The zero-order valence-electron chi connectivity index (χ0n) is 16.9. The number of benzene rings is 2. The summed E-state index contributed by atoms with van der Waals surface area (Å²) in [5.41, 5.74) is 2.44. The quantitative estimate of drug-likeness (QED) is 0.714. The van der Waals surface area contributed by atoms with Gasteiger partial charge in [0.25, 0.3) is 5.91 Å². The number of H-pyrrole nitrogens is 1. The van der Waals surface area contributed by atoms with Crippen molar-refractivity contribution in [3.63, 3.8) is 0 Å². The first kappa shape index (κ1) is 19.1. The van der Waals surface area contributed by atoms with Crippen molar-refractivity contribution in [1.82, 2.24) is 14.9 Å². The number of amides is 1. The van der Waals surface area contributed by atoms with Gasteiger partial charge in [-0.2, -0.15) is 0 Å². The summed E-state index contributed by atoms with van der Waals surface area (Å²) < 4.78 is 16.2. The van der Waals surface area contributed by atoms with Crippen LogP contribution in [0.1, 0.15) is 34.9 Å². The van der Waals surface area contributed by atoms with Crippen LogP contribution in [0.3, 0.4) is 0 Å². The Morgan fingerprint density at radius 3 is 2.59 bits per heavy atom. The highest BCUT2D eigenvalue weighted by atomic mass is 16.5. The highest BCUT2D eigenvalue weighted by Gasteiger charge is 2.30. The molecule has 7 nitrogen and oxygen atoms in total. The van der Waals surface area contributed by atoms with Gasteiger partial charge in [0, 0.05) is 19.0 Å². The molecule has 1 unspecified atom stereocenters. The van der Waals surface area contributed by atoms with Gasteiger partial charge in [0.1, 0.15) is 5.82 Å². The molecule has 0 saturated carbocycles. The first-order valence-corrected chi connectivity index (χ1v) is 9.69. The van der Waals surface area contributed by atoms with Gasteiger partial charge < -0.3 is 24.1 Å². The van der Waals surface area contributed by atoms with Crippen LogP contribution in [-0.4, -0.2) is 55.2 Å². The lowest BCUT2D eigenvalue weighted by Crippen LogP contribution is -2.39. The Kier molecular flexibility index (Phi) is 5.29. The number of nitrogens with one attached hydrogen (secondary N) is 1. The summed E-state index contributed by atoms with van der Waals surface area (Å²) in [6.45, 7) is 1.31. The number of methoxy groups -OCH3 is 3. The number of nitrogens with zero attached hydrogens (tertiary/aromatic N) is 2. The van der Waals surface area contributed by atoms with Crippen LogP contribution in [-0.2, 0) is 0 Å². The summed E-state index contributed by atoms with van der Waals surface area (Å²) >= 11 is 0. The highest BCUT2D eigenvalue weighted by Crippen LogP contribution is 2.40. The Balaban J connectivity index is 1.60. The van der Waals surface area contributed by atoms with Gasteiger partial charge >= 0.3 is 0 Å². The van der Waals surface area contributed by atoms with Crippen LogP contribution < -0.4 is 14.2 Å². The zero-order valence-corrected chi connectivity index (χ0v) is 16.9. The van der Waals surface area contributed by atoms with E-state index in [9.17, 15) is 4.79 Å². The molecule has 29 heavy (non-hydrogen) atoms. The summed E-state index contributed by atoms with van der Waals surface area (Å²) in [5.74, 6) is 2.37. The molecule has 4 rings (SSSR count). The van der Waals surface area contributed by atoms with Gasteiger partial charge in [-0.1, -0.05) is 12.1 Å². The molecule has 3 aromatic rings. The molecule has 7 heteroatoms. The number of carbonyl (C=O) groups excluding carboxylic acids is 1. The molecule has 0 spiro atoms. The van der Waals surface area contributed by atoms with Crippen molar-refractivity contribution < 1.29 is 19.0 Å². The van der Waals surface area contributed by atoms with Crippen molar-refractivity contribution >= 4 is 16.9 Å². The standard InChI is InChI=1S/C22H25N3O4/c1-27-18-11-10-15(19(28-2)20(18)29-3)22(26)25-12-6-7-14(13-25)21-23-16-8-4-5-9-17(16)24-21/h4-5,8-11,14H,6-7,12-13H2,1-3H3,(H,23,24). The second-order valence-electron chi connectivity index (χ2n) is 7.11. The number of ether oxygens (including phenoxy) is 3. The average Bonchev–Trinajstić information content (AvgIpc) is 3.22. The van der Waals surface area contributed by atoms with E-state index < -0.39 is 0 Å². The fourth-order valence-electron chi connectivity index (χ4n) is 3.99. The second kappa shape index (κ2) is 8.03. The lowest BCUT2D eigenvalue weighted by molar-refractivity contribution is 0.0700. The molecule has 2 heterocycles. The van der Waals surface area contributed by atoms with Gasteiger partial charge in [-0.15, -0.1) is 0 Å². The maximum Gasteiger partial charge on any atom is 0.257 e. The van der Waals surface area contributed by atoms with Gasteiger partial charge in [0.05, 0.1) is 37.9 Å². The Bertz CT molecular complexity index is 997. The Hall–Kier alpha value is -3.22. The predicted molar refractivity (Wildman–Crippen MR) is 110 cm³/mol. The van der Waals surface area contributed by atoms with Crippen LogP contribution in [0.25, 0.3) is 11.0 Å². The Morgan fingerprint density at radius 1 is 1.07 bits per heavy atom. The fourth-order valence-corrected chi connectivity index (χ4v) is 3.99. The third-order valence-corrected chi connectivity index (χ3v) is 5.44. The van der Waals surface area contributed by atoms with E-state index in [0.29, 0.717) is 35.9 Å². The third-order valence-electron chi connectivity index (χ3n) is 5.44. The summed E-state index contributed by atoms with van der Waals surface area (Å²) in [7, 11) is 4.62. The number of likely N-dealkylation sites (tertiary alicyclic amines) is 1. The second-order valence-corrected chi connectivity index (χ2v) is 7.11. The Labute approximate surface area is 169 Å². The minimum atomic E-state index is -0.0800. The van der Waals surface area contributed by atoms with Gasteiger partial charge in [-0.3, -0.25) is 4.79 Å². The van der Waals surface area contributed by atoms with Crippen molar-refractivity contribution in [3.05, 3.63) is 47.8 Å². The minimum absolute atomic E-state index is 0.0800. The molecule has 1 atom stereocenters. The number of aromatic nitrogens is 2. The van der Waals surface area contributed by atoms with Gasteiger partial charge in [-0.05, 0) is 37.1 Å². The summed E-state index contributed by atoms with van der Waals surface area (Å²) in [6, 6.07) is 11.4. The van der Waals surface area contributed by atoms with Crippen LogP contribution in [0.5, 0.6) is 17.2 Å². The monoisotopic (exact) mass is 395 g/mol. The van der Waals surface area contributed by atoms with E-state index >= 15 is 0 Å². The summed E-state index contributed by atoms with van der Waals surface area (Å²) in [6.07, 6.45) is 1.91. The molecule has 1 saturated heterocycles. The van der Waals surface area contributed by atoms with Crippen LogP contribution in [0.15, 0.2) is 36.4 Å². The number of carbonyl (C=O) groups is 1. The number of rotatable bonds is 5. The van der Waals surface area contributed by atoms with E-state index in [2.05, 4.69) is 4.98 Å². The minimum Gasteiger partial charge on any atom is -0.493 e. The molecule has 0 aliphatic carbocycles.